The Morgan fingerprint density at radius 2 is 1.90 bits per heavy atom. The molecule has 1 aromatic heterocycles. The SMILES string of the molecule is COc1cccc2c1OC[C@@H]1Cn3c-2c(C2CCCCC2)c2ccc(cc23)N(C)C(=O)N(S)NC(C)(C)NC1C. The van der Waals surface area contributed by atoms with Gasteiger partial charge in [-0.25, -0.2) is 14.6 Å². The molecule has 1 unspecified atom stereocenters. The van der Waals surface area contributed by atoms with E-state index < -0.39 is 5.66 Å². The molecule has 2 aromatic carbocycles. The average Bonchev–Trinajstić information content (AvgIpc) is 3.24. The van der Waals surface area contributed by atoms with E-state index in [2.05, 4.69) is 65.4 Å². The monoisotopic (exact) mass is 563 g/mol. The molecule has 2 N–H and O–H groups in total. The van der Waals surface area contributed by atoms with E-state index in [1.807, 2.05) is 19.9 Å². The number of fused-ring (bicyclic) bond motifs is 4. The third kappa shape index (κ3) is 4.72. The van der Waals surface area contributed by atoms with Crippen molar-refractivity contribution in [3.63, 3.8) is 0 Å². The van der Waals surface area contributed by atoms with Gasteiger partial charge in [0.05, 0.1) is 30.6 Å². The van der Waals surface area contributed by atoms with E-state index in [0.717, 1.165) is 34.8 Å². The lowest BCUT2D eigenvalue weighted by Crippen LogP contribution is -2.62. The lowest BCUT2D eigenvalue weighted by atomic mass is 9.81. The summed E-state index contributed by atoms with van der Waals surface area (Å²) in [5.74, 6) is 2.17. The summed E-state index contributed by atoms with van der Waals surface area (Å²) in [5.41, 5.74) is 8.30. The molecule has 1 fully saturated rings. The zero-order chi connectivity index (χ0) is 28.2. The normalized spacial score (nSPS) is 23.6. The van der Waals surface area contributed by atoms with Gasteiger partial charge in [-0.15, -0.1) is 0 Å². The van der Waals surface area contributed by atoms with Gasteiger partial charge in [0, 0.05) is 42.2 Å². The Morgan fingerprint density at radius 3 is 2.65 bits per heavy atom. The highest BCUT2D eigenvalue weighted by molar-refractivity contribution is 7.78. The number of rotatable bonds is 2. The zero-order valence-corrected chi connectivity index (χ0v) is 25.1. The van der Waals surface area contributed by atoms with Crippen molar-refractivity contribution in [2.75, 3.05) is 25.7 Å². The van der Waals surface area contributed by atoms with Crippen molar-refractivity contribution in [2.24, 2.45) is 5.92 Å². The minimum absolute atomic E-state index is 0.0562. The van der Waals surface area contributed by atoms with Gasteiger partial charge in [0.25, 0.3) is 0 Å². The summed E-state index contributed by atoms with van der Waals surface area (Å²) in [6.45, 7) is 7.53. The number of urea groups is 1. The molecular weight excluding hydrogens is 522 g/mol. The maximum Gasteiger partial charge on any atom is 0.348 e. The van der Waals surface area contributed by atoms with Gasteiger partial charge in [-0.3, -0.25) is 10.2 Å². The molecule has 3 heterocycles. The number of thiol groups is 1. The molecule has 1 saturated carbocycles. The number of nitrogens with one attached hydrogen (secondary N) is 2. The summed E-state index contributed by atoms with van der Waals surface area (Å²) in [7, 11) is 3.51. The number of nitrogens with zero attached hydrogens (tertiary/aromatic N) is 3. The first-order chi connectivity index (χ1) is 19.2. The fourth-order valence-electron chi connectivity index (χ4n) is 6.93. The van der Waals surface area contributed by atoms with E-state index in [4.69, 9.17) is 9.47 Å². The third-order valence-corrected chi connectivity index (χ3v) is 9.22. The van der Waals surface area contributed by atoms with Crippen LogP contribution >= 0.6 is 12.8 Å². The lowest BCUT2D eigenvalue weighted by molar-refractivity contribution is 0.136. The van der Waals surface area contributed by atoms with Crippen LogP contribution in [0.3, 0.4) is 0 Å². The van der Waals surface area contributed by atoms with Crippen LogP contribution in [0.1, 0.15) is 64.4 Å². The van der Waals surface area contributed by atoms with Gasteiger partial charge < -0.3 is 14.0 Å². The molecule has 8 nitrogen and oxygen atoms in total. The highest BCUT2D eigenvalue weighted by Crippen LogP contribution is 2.49. The average molecular weight is 564 g/mol. The van der Waals surface area contributed by atoms with Gasteiger partial charge in [0.15, 0.2) is 11.5 Å². The van der Waals surface area contributed by atoms with Gasteiger partial charge in [-0.1, -0.05) is 31.4 Å². The first-order valence-electron chi connectivity index (χ1n) is 14.5. The number of amides is 2. The van der Waals surface area contributed by atoms with Crippen LogP contribution in [0.4, 0.5) is 10.5 Å². The molecule has 6 rings (SSSR count). The summed E-state index contributed by atoms with van der Waals surface area (Å²) in [4.78, 5) is 15.1. The molecule has 40 heavy (non-hydrogen) atoms. The summed E-state index contributed by atoms with van der Waals surface area (Å²) in [5, 5.41) is 4.97. The predicted octanol–water partition coefficient (Wildman–Crippen LogP) is 6.31. The Balaban J connectivity index is 1.66. The molecule has 0 spiro atoms. The van der Waals surface area contributed by atoms with Gasteiger partial charge in [-0.2, -0.15) is 0 Å². The Labute approximate surface area is 242 Å². The number of hydrazine groups is 1. The lowest BCUT2D eigenvalue weighted by Gasteiger charge is -2.38. The molecule has 4 bridgehead atoms. The van der Waals surface area contributed by atoms with Gasteiger partial charge in [0.1, 0.15) is 0 Å². The third-order valence-electron chi connectivity index (χ3n) is 8.95. The van der Waals surface area contributed by atoms with Crippen LogP contribution < -0.4 is 25.1 Å². The Hall–Kier alpha value is -2.88. The number of carbonyl (C=O) groups excluding carboxylic acids is 1. The fraction of sp³-hybridized carbons (Fsp3) is 0.516. The molecule has 0 radical (unpaired) electrons. The summed E-state index contributed by atoms with van der Waals surface area (Å²) >= 11 is 4.51. The van der Waals surface area contributed by atoms with Crippen LogP contribution in [0.15, 0.2) is 36.4 Å². The van der Waals surface area contributed by atoms with Gasteiger partial charge in [-0.05, 0) is 82.2 Å². The summed E-state index contributed by atoms with van der Waals surface area (Å²) in [6, 6.07) is 12.5. The molecular formula is C31H41N5O3S. The number of methoxy groups -OCH3 is 1. The van der Waals surface area contributed by atoms with Crippen molar-refractivity contribution in [1.29, 1.82) is 0 Å². The first kappa shape index (κ1) is 27.3. The molecule has 3 aromatic rings. The van der Waals surface area contributed by atoms with E-state index in [1.54, 1.807) is 19.1 Å². The van der Waals surface area contributed by atoms with E-state index in [9.17, 15) is 4.79 Å². The first-order valence-corrected chi connectivity index (χ1v) is 14.9. The molecule has 3 aliphatic rings. The van der Waals surface area contributed by atoms with Crippen molar-refractivity contribution in [3.8, 4) is 22.8 Å². The topological polar surface area (TPSA) is 71.0 Å². The molecule has 2 amide bonds. The molecule has 9 heteroatoms. The number of ether oxygens (including phenoxy) is 2. The van der Waals surface area contributed by atoms with Crippen molar-refractivity contribution < 1.29 is 14.3 Å². The van der Waals surface area contributed by atoms with E-state index in [0.29, 0.717) is 12.5 Å². The number of para-hydroxylation sites is 1. The molecule has 2 aliphatic heterocycles. The van der Waals surface area contributed by atoms with E-state index in [1.165, 1.54) is 53.2 Å². The van der Waals surface area contributed by atoms with Crippen LogP contribution in [-0.4, -0.2) is 47.5 Å². The van der Waals surface area contributed by atoms with Crippen molar-refractivity contribution in [1.82, 2.24) is 19.7 Å². The maximum atomic E-state index is 13.4. The zero-order valence-electron chi connectivity index (χ0n) is 24.2. The van der Waals surface area contributed by atoms with E-state index in [-0.39, 0.29) is 18.0 Å². The van der Waals surface area contributed by atoms with Crippen LogP contribution in [-0.2, 0) is 6.54 Å². The second-order valence-corrected chi connectivity index (χ2v) is 12.5. The number of hydrogen-bond donors (Lipinski definition) is 3. The Kier molecular flexibility index (Phi) is 7.17. The maximum absolute atomic E-state index is 13.4. The molecule has 2 atom stereocenters. The Bertz CT molecular complexity index is 1430. The summed E-state index contributed by atoms with van der Waals surface area (Å²) < 4.78 is 16.3. The molecule has 0 saturated heterocycles. The van der Waals surface area contributed by atoms with Crippen LogP contribution in [0, 0.1) is 5.92 Å². The van der Waals surface area contributed by atoms with Crippen LogP contribution in [0.5, 0.6) is 11.5 Å². The van der Waals surface area contributed by atoms with E-state index >= 15 is 0 Å². The quantitative estimate of drug-likeness (QED) is 0.319. The number of benzene rings is 2. The number of aromatic nitrogens is 1. The van der Waals surface area contributed by atoms with Crippen molar-refractivity contribution >= 4 is 35.4 Å². The fourth-order valence-corrected chi connectivity index (χ4v) is 7.32. The highest BCUT2D eigenvalue weighted by Gasteiger charge is 2.35. The van der Waals surface area contributed by atoms with Gasteiger partial charge >= 0.3 is 6.03 Å². The number of carbonyl (C=O) groups is 1. The van der Waals surface area contributed by atoms with Crippen molar-refractivity contribution in [3.05, 3.63) is 42.0 Å². The molecule has 214 valence electrons. The Morgan fingerprint density at radius 1 is 1.12 bits per heavy atom. The standard InChI is InChI=1S/C31H41N5O3S/c1-19-21-17-35-25-16-22(34(4)30(37)36(40)33-31(2,3)32-19)14-15-23(25)27(20-10-7-6-8-11-20)28(35)24-12-9-13-26(38-5)29(24)39-18-21/h9,12-16,19-21,32-33,40H,6-8,10-11,17-18H2,1-5H3/t19?,21-/m0/s1. The minimum Gasteiger partial charge on any atom is -0.493 e. The van der Waals surface area contributed by atoms with Gasteiger partial charge in [0.2, 0.25) is 0 Å². The smallest absolute Gasteiger partial charge is 0.348 e. The number of hydrogen-bond acceptors (Lipinski definition) is 6. The second kappa shape index (κ2) is 10.5. The van der Waals surface area contributed by atoms with Crippen LogP contribution in [0.2, 0.25) is 0 Å². The second-order valence-electron chi connectivity index (χ2n) is 12.1. The minimum atomic E-state index is -0.607. The van der Waals surface area contributed by atoms with Crippen LogP contribution in [0.25, 0.3) is 22.2 Å². The predicted molar refractivity (Wildman–Crippen MR) is 163 cm³/mol. The van der Waals surface area contributed by atoms with Crippen molar-refractivity contribution in [2.45, 2.75) is 77.0 Å². The number of anilines is 1. The summed E-state index contributed by atoms with van der Waals surface area (Å²) in [6.07, 6.45) is 6.16. The largest absolute Gasteiger partial charge is 0.493 e. The highest BCUT2D eigenvalue weighted by atomic mass is 32.1. The molecule has 1 aliphatic carbocycles.